The highest BCUT2D eigenvalue weighted by molar-refractivity contribution is 5.14. The van der Waals surface area contributed by atoms with Crippen LogP contribution in [0, 0.1) is 0 Å². The third-order valence-corrected chi connectivity index (χ3v) is 3.98. The molecular formula is C18H32N2. The van der Waals surface area contributed by atoms with Gasteiger partial charge in [0, 0.05) is 6.04 Å². The van der Waals surface area contributed by atoms with Gasteiger partial charge in [-0.3, -0.25) is 0 Å². The molecule has 0 aromatic heterocycles. The van der Waals surface area contributed by atoms with Crippen LogP contribution in [0.4, 0.5) is 0 Å². The standard InChI is InChI=1S/C18H32N2/c1-4-20(5-2)16-10-11-17(3)19-15-9-14-18-12-7-6-8-13-18/h6-8,12-13,17,19H,4-5,9-11,14-16H2,1-3H3. The minimum atomic E-state index is 0.640. The van der Waals surface area contributed by atoms with Crippen molar-refractivity contribution in [3.05, 3.63) is 35.9 Å². The van der Waals surface area contributed by atoms with Gasteiger partial charge in [-0.2, -0.15) is 0 Å². The van der Waals surface area contributed by atoms with Crippen molar-refractivity contribution in [2.24, 2.45) is 0 Å². The lowest BCUT2D eigenvalue weighted by Gasteiger charge is -2.19. The Labute approximate surface area is 125 Å². The van der Waals surface area contributed by atoms with E-state index in [1.54, 1.807) is 0 Å². The summed E-state index contributed by atoms with van der Waals surface area (Å²) in [5.41, 5.74) is 1.45. The molecule has 0 heterocycles. The maximum absolute atomic E-state index is 3.64. The van der Waals surface area contributed by atoms with E-state index in [1.165, 1.54) is 50.9 Å². The summed E-state index contributed by atoms with van der Waals surface area (Å²) >= 11 is 0. The Hall–Kier alpha value is -0.860. The van der Waals surface area contributed by atoms with Crippen LogP contribution in [0.3, 0.4) is 0 Å². The van der Waals surface area contributed by atoms with Crippen molar-refractivity contribution in [1.82, 2.24) is 10.2 Å². The van der Waals surface area contributed by atoms with E-state index < -0.39 is 0 Å². The van der Waals surface area contributed by atoms with Crippen molar-refractivity contribution in [2.75, 3.05) is 26.2 Å². The van der Waals surface area contributed by atoms with Crippen LogP contribution < -0.4 is 5.32 Å². The molecule has 0 amide bonds. The van der Waals surface area contributed by atoms with Gasteiger partial charge in [-0.05, 0) is 64.3 Å². The van der Waals surface area contributed by atoms with Crippen molar-refractivity contribution in [3.63, 3.8) is 0 Å². The molecule has 2 heteroatoms. The highest BCUT2D eigenvalue weighted by Crippen LogP contribution is 2.03. The molecule has 0 aliphatic carbocycles. The van der Waals surface area contributed by atoms with Crippen molar-refractivity contribution >= 4 is 0 Å². The van der Waals surface area contributed by atoms with E-state index in [0.29, 0.717) is 6.04 Å². The molecule has 0 aliphatic heterocycles. The molecule has 0 radical (unpaired) electrons. The molecule has 0 saturated heterocycles. The largest absolute Gasteiger partial charge is 0.314 e. The van der Waals surface area contributed by atoms with Crippen molar-refractivity contribution in [1.29, 1.82) is 0 Å². The highest BCUT2D eigenvalue weighted by Gasteiger charge is 2.03. The Morgan fingerprint density at radius 1 is 1.05 bits per heavy atom. The zero-order valence-electron chi connectivity index (χ0n) is 13.6. The fraction of sp³-hybridized carbons (Fsp3) is 0.667. The molecule has 1 aromatic rings. The van der Waals surface area contributed by atoms with Gasteiger partial charge in [0.1, 0.15) is 0 Å². The van der Waals surface area contributed by atoms with Gasteiger partial charge in [-0.15, -0.1) is 0 Å². The minimum absolute atomic E-state index is 0.640. The fourth-order valence-corrected chi connectivity index (χ4v) is 2.55. The van der Waals surface area contributed by atoms with Gasteiger partial charge in [-0.1, -0.05) is 44.2 Å². The normalized spacial score (nSPS) is 12.8. The fourth-order valence-electron chi connectivity index (χ4n) is 2.55. The average molecular weight is 276 g/mol. The van der Waals surface area contributed by atoms with Gasteiger partial charge in [-0.25, -0.2) is 0 Å². The predicted octanol–water partition coefficient (Wildman–Crippen LogP) is 3.72. The summed E-state index contributed by atoms with van der Waals surface area (Å²) in [6, 6.07) is 11.4. The van der Waals surface area contributed by atoms with E-state index in [0.717, 1.165) is 6.54 Å². The predicted molar refractivity (Wildman–Crippen MR) is 89.2 cm³/mol. The van der Waals surface area contributed by atoms with Gasteiger partial charge in [0.15, 0.2) is 0 Å². The summed E-state index contributed by atoms with van der Waals surface area (Å²) in [5, 5.41) is 3.64. The van der Waals surface area contributed by atoms with Gasteiger partial charge in [0.25, 0.3) is 0 Å². The third kappa shape index (κ3) is 7.66. The lowest BCUT2D eigenvalue weighted by molar-refractivity contribution is 0.290. The van der Waals surface area contributed by atoms with Crippen LogP contribution >= 0.6 is 0 Å². The van der Waals surface area contributed by atoms with E-state index in [-0.39, 0.29) is 0 Å². The van der Waals surface area contributed by atoms with Crippen LogP contribution in [0.25, 0.3) is 0 Å². The molecule has 0 bridgehead atoms. The molecule has 20 heavy (non-hydrogen) atoms. The average Bonchev–Trinajstić information content (AvgIpc) is 2.49. The molecule has 2 nitrogen and oxygen atoms in total. The summed E-state index contributed by atoms with van der Waals surface area (Å²) in [7, 11) is 0. The van der Waals surface area contributed by atoms with Gasteiger partial charge in [0.05, 0.1) is 0 Å². The Balaban J connectivity index is 2.01. The van der Waals surface area contributed by atoms with Crippen LogP contribution in [0.1, 0.15) is 45.6 Å². The Morgan fingerprint density at radius 3 is 2.40 bits per heavy atom. The second kappa shape index (κ2) is 10.9. The van der Waals surface area contributed by atoms with Crippen LogP contribution in [0.15, 0.2) is 30.3 Å². The summed E-state index contributed by atoms with van der Waals surface area (Å²) < 4.78 is 0. The monoisotopic (exact) mass is 276 g/mol. The Kier molecular flexibility index (Phi) is 9.35. The minimum Gasteiger partial charge on any atom is -0.314 e. The van der Waals surface area contributed by atoms with E-state index in [2.05, 4.69) is 61.3 Å². The van der Waals surface area contributed by atoms with E-state index in [1.807, 2.05) is 0 Å². The van der Waals surface area contributed by atoms with Crippen molar-refractivity contribution in [3.8, 4) is 0 Å². The first-order valence-electron chi connectivity index (χ1n) is 8.25. The molecule has 0 aliphatic rings. The second-order valence-electron chi connectivity index (χ2n) is 5.61. The number of nitrogens with one attached hydrogen (secondary N) is 1. The van der Waals surface area contributed by atoms with Crippen LogP contribution in [-0.4, -0.2) is 37.1 Å². The molecule has 1 unspecified atom stereocenters. The van der Waals surface area contributed by atoms with E-state index >= 15 is 0 Å². The molecule has 0 fully saturated rings. The number of hydrogen-bond donors (Lipinski definition) is 1. The third-order valence-electron chi connectivity index (χ3n) is 3.98. The summed E-state index contributed by atoms with van der Waals surface area (Å²) in [5.74, 6) is 0. The topological polar surface area (TPSA) is 15.3 Å². The second-order valence-corrected chi connectivity index (χ2v) is 5.61. The first-order valence-corrected chi connectivity index (χ1v) is 8.25. The number of rotatable bonds is 11. The van der Waals surface area contributed by atoms with Gasteiger partial charge >= 0.3 is 0 Å². The van der Waals surface area contributed by atoms with Crippen molar-refractivity contribution in [2.45, 2.75) is 52.5 Å². The maximum atomic E-state index is 3.64. The lowest BCUT2D eigenvalue weighted by atomic mass is 10.1. The molecule has 0 spiro atoms. The molecule has 1 aromatic carbocycles. The molecule has 1 N–H and O–H groups in total. The molecule has 114 valence electrons. The summed E-state index contributed by atoms with van der Waals surface area (Å²) in [6.07, 6.45) is 4.99. The first-order chi connectivity index (χ1) is 9.76. The Bertz CT molecular complexity index is 319. The molecule has 0 saturated carbocycles. The number of nitrogens with zero attached hydrogens (tertiary/aromatic N) is 1. The summed E-state index contributed by atoms with van der Waals surface area (Å²) in [4.78, 5) is 2.50. The van der Waals surface area contributed by atoms with Crippen molar-refractivity contribution < 1.29 is 0 Å². The molecule has 1 atom stereocenters. The zero-order chi connectivity index (χ0) is 14.6. The first kappa shape index (κ1) is 17.2. The smallest absolute Gasteiger partial charge is 0.00392 e. The van der Waals surface area contributed by atoms with E-state index in [4.69, 9.17) is 0 Å². The van der Waals surface area contributed by atoms with Crippen LogP contribution in [0.5, 0.6) is 0 Å². The highest BCUT2D eigenvalue weighted by atomic mass is 15.1. The summed E-state index contributed by atoms with van der Waals surface area (Å²) in [6.45, 7) is 11.5. The van der Waals surface area contributed by atoms with Gasteiger partial charge < -0.3 is 10.2 Å². The van der Waals surface area contributed by atoms with Crippen LogP contribution in [0.2, 0.25) is 0 Å². The van der Waals surface area contributed by atoms with Crippen LogP contribution in [-0.2, 0) is 6.42 Å². The SMILES string of the molecule is CCN(CC)CCCC(C)NCCCc1ccccc1. The Morgan fingerprint density at radius 2 is 1.75 bits per heavy atom. The zero-order valence-corrected chi connectivity index (χ0v) is 13.6. The quantitative estimate of drug-likeness (QED) is 0.620. The number of aryl methyl sites for hydroxylation is 1. The maximum Gasteiger partial charge on any atom is 0.00392 e. The molecular weight excluding hydrogens is 244 g/mol. The van der Waals surface area contributed by atoms with Gasteiger partial charge in [0.2, 0.25) is 0 Å². The number of hydrogen-bond acceptors (Lipinski definition) is 2. The van der Waals surface area contributed by atoms with E-state index in [9.17, 15) is 0 Å². The lowest BCUT2D eigenvalue weighted by Crippen LogP contribution is -2.29. The molecule has 1 rings (SSSR count). The number of benzene rings is 1.